The predicted molar refractivity (Wildman–Crippen MR) is 81.9 cm³/mol. The Morgan fingerprint density at radius 1 is 1.17 bits per heavy atom. The fraction of sp³-hybridized carbons (Fsp3) is 0.143. The largest absolute Gasteiger partial charge is 0.508 e. The lowest BCUT2D eigenvalue weighted by Crippen LogP contribution is -2.32. The van der Waals surface area contributed by atoms with Gasteiger partial charge in [0.25, 0.3) is 5.56 Å². The predicted octanol–water partition coefficient (Wildman–Crippen LogP) is -0.00720. The van der Waals surface area contributed by atoms with E-state index in [2.05, 4.69) is 19.9 Å². The number of nitrogens with zero attached hydrogens (tertiary/aromatic N) is 2. The van der Waals surface area contributed by atoms with Crippen molar-refractivity contribution in [2.45, 2.75) is 12.5 Å². The zero-order valence-corrected chi connectivity index (χ0v) is 11.9. The number of benzene rings is 1. The minimum absolute atomic E-state index is 0.160. The maximum Gasteiger partial charge on any atom is 0.320 e. The smallest absolute Gasteiger partial charge is 0.320 e. The number of aromatic nitrogens is 4. The first-order valence-corrected chi connectivity index (χ1v) is 6.60. The van der Waals surface area contributed by atoms with Gasteiger partial charge in [-0.25, -0.2) is 9.97 Å². The fourth-order valence-electron chi connectivity index (χ4n) is 1.75. The second-order valence-electron chi connectivity index (χ2n) is 4.65. The number of aromatic amines is 2. The first-order chi connectivity index (χ1) is 11.0. The van der Waals surface area contributed by atoms with Gasteiger partial charge in [0.1, 0.15) is 11.8 Å². The number of nitrogens with one attached hydrogen (secondary N) is 2. The number of H-pyrrole nitrogens is 2. The lowest BCUT2D eigenvalue weighted by molar-refractivity contribution is -0.138. The Morgan fingerprint density at radius 3 is 2.35 bits per heavy atom. The van der Waals surface area contributed by atoms with Crippen molar-refractivity contribution in [3.05, 3.63) is 52.8 Å². The molecule has 6 N–H and O–H groups in total. The Balaban J connectivity index is 0.000000172. The third kappa shape index (κ3) is 4.38. The van der Waals surface area contributed by atoms with Crippen molar-refractivity contribution in [2.24, 2.45) is 5.73 Å². The molecule has 9 nitrogen and oxygen atoms in total. The molecule has 0 saturated carbocycles. The SMILES string of the molecule is NC(Cc1ccc(O)cc1)C(=O)O.O=c1[nH]cnc2nc[nH]c12. The second-order valence-corrected chi connectivity index (χ2v) is 4.65. The lowest BCUT2D eigenvalue weighted by atomic mass is 10.1. The summed E-state index contributed by atoms with van der Waals surface area (Å²) in [5.41, 5.74) is 6.80. The number of fused-ring (bicyclic) bond motifs is 1. The summed E-state index contributed by atoms with van der Waals surface area (Å²) in [7, 11) is 0. The Kier molecular flexibility index (Phi) is 5.05. The van der Waals surface area contributed by atoms with Crippen LogP contribution in [0.15, 0.2) is 41.7 Å². The van der Waals surface area contributed by atoms with Crippen LogP contribution >= 0.6 is 0 Å². The van der Waals surface area contributed by atoms with Gasteiger partial charge < -0.3 is 25.9 Å². The molecule has 0 bridgehead atoms. The molecule has 2 aromatic heterocycles. The average Bonchev–Trinajstić information content (AvgIpc) is 3.00. The molecular weight excluding hydrogens is 302 g/mol. The van der Waals surface area contributed by atoms with Crippen LogP contribution in [0.4, 0.5) is 0 Å². The molecule has 0 aliphatic rings. The van der Waals surface area contributed by atoms with E-state index in [4.69, 9.17) is 15.9 Å². The van der Waals surface area contributed by atoms with Crippen LogP contribution in [0.1, 0.15) is 5.56 Å². The van der Waals surface area contributed by atoms with Gasteiger partial charge in [-0.1, -0.05) is 12.1 Å². The number of nitrogens with two attached hydrogens (primary N) is 1. The molecule has 0 fully saturated rings. The van der Waals surface area contributed by atoms with Gasteiger partial charge in [-0.05, 0) is 24.1 Å². The first kappa shape index (κ1) is 16.2. The van der Waals surface area contributed by atoms with E-state index in [-0.39, 0.29) is 17.7 Å². The molecule has 3 aromatic rings. The number of phenols is 1. The zero-order valence-electron chi connectivity index (χ0n) is 11.9. The summed E-state index contributed by atoms with van der Waals surface area (Å²) in [6, 6.07) is 5.42. The first-order valence-electron chi connectivity index (χ1n) is 6.60. The minimum Gasteiger partial charge on any atom is -0.508 e. The van der Waals surface area contributed by atoms with Crippen LogP contribution in [0.25, 0.3) is 11.2 Å². The van der Waals surface area contributed by atoms with Crippen LogP contribution in [-0.4, -0.2) is 42.2 Å². The van der Waals surface area contributed by atoms with Gasteiger partial charge in [0.2, 0.25) is 0 Å². The number of carboxylic acid groups (broad SMARTS) is 1. The van der Waals surface area contributed by atoms with E-state index >= 15 is 0 Å². The molecule has 0 spiro atoms. The average molecular weight is 317 g/mol. The van der Waals surface area contributed by atoms with Crippen molar-refractivity contribution in [2.75, 3.05) is 0 Å². The van der Waals surface area contributed by atoms with Crippen molar-refractivity contribution in [1.29, 1.82) is 0 Å². The van der Waals surface area contributed by atoms with Gasteiger partial charge >= 0.3 is 5.97 Å². The fourth-order valence-corrected chi connectivity index (χ4v) is 1.75. The third-order valence-electron chi connectivity index (χ3n) is 2.94. The van der Waals surface area contributed by atoms with Crippen LogP contribution in [0.2, 0.25) is 0 Å². The van der Waals surface area contributed by atoms with Gasteiger partial charge in [-0.2, -0.15) is 0 Å². The maximum atomic E-state index is 10.9. The molecule has 2 heterocycles. The summed E-state index contributed by atoms with van der Waals surface area (Å²) in [5, 5.41) is 17.5. The third-order valence-corrected chi connectivity index (χ3v) is 2.94. The molecule has 0 aliphatic carbocycles. The van der Waals surface area contributed by atoms with Crippen molar-refractivity contribution in [3.63, 3.8) is 0 Å². The standard InChI is InChI=1S/C9H11NO3.C5H4N4O/c10-8(9(12)13)5-6-1-3-7(11)4-2-6;10-5-3-4(7-1-6-3)8-2-9-5/h1-4,8,11H,5,10H2,(H,12,13);1-2H,(H2,6,7,8,9,10). The molecule has 120 valence electrons. The number of carbonyl (C=O) groups is 1. The van der Waals surface area contributed by atoms with Crippen molar-refractivity contribution in [1.82, 2.24) is 19.9 Å². The number of hydrogen-bond acceptors (Lipinski definition) is 6. The molecule has 3 rings (SSSR count). The quantitative estimate of drug-likeness (QED) is 0.454. The maximum absolute atomic E-state index is 10.9. The van der Waals surface area contributed by atoms with E-state index in [0.717, 1.165) is 5.56 Å². The molecule has 23 heavy (non-hydrogen) atoms. The number of carboxylic acids is 1. The number of phenolic OH excluding ortho intramolecular Hbond substituents is 1. The molecule has 9 heteroatoms. The highest BCUT2D eigenvalue weighted by molar-refractivity contribution is 5.73. The van der Waals surface area contributed by atoms with Gasteiger partial charge in [-0.15, -0.1) is 0 Å². The summed E-state index contributed by atoms with van der Waals surface area (Å²) in [6.45, 7) is 0. The zero-order chi connectivity index (χ0) is 16.8. The number of aromatic hydroxyl groups is 1. The van der Waals surface area contributed by atoms with E-state index in [1.807, 2.05) is 0 Å². The molecule has 0 aliphatic heterocycles. The summed E-state index contributed by atoms with van der Waals surface area (Å²) in [4.78, 5) is 34.0. The van der Waals surface area contributed by atoms with Crippen molar-refractivity contribution < 1.29 is 15.0 Å². The van der Waals surface area contributed by atoms with Gasteiger partial charge in [0, 0.05) is 0 Å². The summed E-state index contributed by atoms with van der Waals surface area (Å²) >= 11 is 0. The molecule has 0 amide bonds. The van der Waals surface area contributed by atoms with Crippen LogP contribution in [-0.2, 0) is 11.2 Å². The lowest BCUT2D eigenvalue weighted by Gasteiger charge is -2.05. The monoisotopic (exact) mass is 317 g/mol. The Labute approximate surface area is 129 Å². The van der Waals surface area contributed by atoms with Gasteiger partial charge in [0.05, 0.1) is 12.7 Å². The van der Waals surface area contributed by atoms with Gasteiger partial charge in [-0.3, -0.25) is 9.59 Å². The van der Waals surface area contributed by atoms with Crippen molar-refractivity contribution >= 4 is 17.1 Å². The Morgan fingerprint density at radius 2 is 1.78 bits per heavy atom. The Bertz CT molecular complexity index is 840. The van der Waals surface area contributed by atoms with Gasteiger partial charge in [0.15, 0.2) is 11.2 Å². The van der Waals surface area contributed by atoms with E-state index in [0.29, 0.717) is 11.2 Å². The summed E-state index contributed by atoms with van der Waals surface area (Å²) in [5.74, 6) is -0.860. The van der Waals surface area contributed by atoms with Crippen LogP contribution < -0.4 is 11.3 Å². The van der Waals surface area contributed by atoms with E-state index in [1.165, 1.54) is 24.8 Å². The van der Waals surface area contributed by atoms with E-state index < -0.39 is 12.0 Å². The molecule has 1 atom stereocenters. The van der Waals surface area contributed by atoms with E-state index in [1.54, 1.807) is 12.1 Å². The Hall–Kier alpha value is -3.20. The molecule has 0 radical (unpaired) electrons. The van der Waals surface area contributed by atoms with Crippen LogP contribution in [0.3, 0.4) is 0 Å². The molecular formula is C14H15N5O4. The number of rotatable bonds is 3. The highest BCUT2D eigenvalue weighted by Crippen LogP contribution is 2.10. The summed E-state index contributed by atoms with van der Waals surface area (Å²) in [6.07, 6.45) is 3.04. The minimum atomic E-state index is -1.02. The number of aliphatic carboxylic acids is 1. The molecule has 0 saturated heterocycles. The van der Waals surface area contributed by atoms with E-state index in [9.17, 15) is 9.59 Å². The normalized spacial score (nSPS) is 11.5. The molecule has 1 unspecified atom stereocenters. The van der Waals surface area contributed by atoms with Crippen LogP contribution in [0, 0.1) is 0 Å². The highest BCUT2D eigenvalue weighted by atomic mass is 16.4. The van der Waals surface area contributed by atoms with Crippen LogP contribution in [0.5, 0.6) is 5.75 Å². The second kappa shape index (κ2) is 7.18. The number of hydrogen-bond donors (Lipinski definition) is 5. The summed E-state index contributed by atoms with van der Waals surface area (Å²) < 4.78 is 0. The van der Waals surface area contributed by atoms with Crippen molar-refractivity contribution in [3.8, 4) is 5.75 Å². The topological polar surface area (TPSA) is 158 Å². The number of imidazole rings is 1. The highest BCUT2D eigenvalue weighted by Gasteiger charge is 2.11. The molecule has 1 aromatic carbocycles.